The Morgan fingerprint density at radius 1 is 1.45 bits per heavy atom. The van der Waals surface area contributed by atoms with Crippen LogP contribution in [0.5, 0.6) is 0 Å². The van der Waals surface area contributed by atoms with Crippen LogP contribution in [-0.4, -0.2) is 18.3 Å². The molecule has 0 radical (unpaired) electrons. The third-order valence-electron chi connectivity index (χ3n) is 1.23. The molecular weight excluding hydrogens is 140 g/mol. The molecule has 0 aromatic carbocycles. The van der Waals surface area contributed by atoms with Crippen molar-refractivity contribution in [2.45, 2.75) is 19.3 Å². The zero-order valence-electron chi connectivity index (χ0n) is 6.88. The summed E-state index contributed by atoms with van der Waals surface area (Å²) < 4.78 is 5.21. The highest BCUT2D eigenvalue weighted by molar-refractivity contribution is 4.90. The second kappa shape index (κ2) is 7.35. The van der Waals surface area contributed by atoms with Gasteiger partial charge in [0.05, 0.1) is 12.4 Å². The van der Waals surface area contributed by atoms with Crippen LogP contribution < -0.4 is 0 Å². The van der Waals surface area contributed by atoms with Gasteiger partial charge in [-0.3, -0.25) is 0 Å². The predicted molar refractivity (Wildman–Crippen MR) is 46.2 cm³/mol. The van der Waals surface area contributed by atoms with Crippen LogP contribution in [0.4, 0.5) is 0 Å². The zero-order valence-corrected chi connectivity index (χ0v) is 6.88. The summed E-state index contributed by atoms with van der Waals surface area (Å²) in [6.45, 7) is 8.13. The van der Waals surface area contributed by atoms with Gasteiger partial charge in [0.15, 0.2) is 0 Å². The van der Waals surface area contributed by atoms with Gasteiger partial charge in [-0.15, -0.1) is 6.58 Å². The molecule has 0 aliphatic rings. The molecule has 0 atom stereocenters. The molecule has 64 valence electrons. The molecule has 0 saturated carbocycles. The van der Waals surface area contributed by atoms with Crippen molar-refractivity contribution >= 4 is 0 Å². The molecule has 2 heteroatoms. The molecule has 0 fully saturated rings. The molecule has 0 amide bonds. The fourth-order valence-electron chi connectivity index (χ4n) is 0.650. The smallest absolute Gasteiger partial charge is 0.0925 e. The molecule has 2 nitrogen and oxygen atoms in total. The van der Waals surface area contributed by atoms with E-state index in [9.17, 15) is 0 Å². The van der Waals surface area contributed by atoms with Gasteiger partial charge in [0.25, 0.3) is 0 Å². The van der Waals surface area contributed by atoms with Crippen molar-refractivity contribution in [1.29, 1.82) is 0 Å². The van der Waals surface area contributed by atoms with E-state index >= 15 is 0 Å². The lowest BCUT2D eigenvalue weighted by molar-refractivity contribution is 0.190. The van der Waals surface area contributed by atoms with Crippen LogP contribution in [-0.2, 0) is 4.74 Å². The molecule has 0 saturated heterocycles. The quantitative estimate of drug-likeness (QED) is 0.346. The summed E-state index contributed by atoms with van der Waals surface area (Å²) in [4.78, 5) is 0. The monoisotopic (exact) mass is 156 g/mol. The molecule has 0 aromatic rings. The molecular formula is C9H16O2. The van der Waals surface area contributed by atoms with Gasteiger partial charge in [-0.1, -0.05) is 12.7 Å². The normalized spacial score (nSPS) is 9.18. The van der Waals surface area contributed by atoms with Crippen LogP contribution >= 0.6 is 0 Å². The Balaban J connectivity index is 3.10. The van der Waals surface area contributed by atoms with Crippen LogP contribution in [0, 0.1) is 0 Å². The fourth-order valence-corrected chi connectivity index (χ4v) is 0.650. The van der Waals surface area contributed by atoms with Crippen LogP contribution in [0.3, 0.4) is 0 Å². The first-order valence-corrected chi connectivity index (χ1v) is 3.83. The predicted octanol–water partition coefficient (Wildman–Crippen LogP) is 1.87. The third-order valence-corrected chi connectivity index (χ3v) is 1.23. The largest absolute Gasteiger partial charge is 0.498 e. The lowest BCUT2D eigenvalue weighted by Crippen LogP contribution is -1.94. The Kier molecular flexibility index (Phi) is 6.84. The average Bonchev–Trinajstić information content (AvgIpc) is 1.99. The minimum absolute atomic E-state index is 0.233. The zero-order chi connectivity index (χ0) is 8.53. The molecule has 11 heavy (non-hydrogen) atoms. The van der Waals surface area contributed by atoms with Gasteiger partial charge < -0.3 is 9.84 Å². The van der Waals surface area contributed by atoms with Crippen molar-refractivity contribution < 1.29 is 9.84 Å². The van der Waals surface area contributed by atoms with Gasteiger partial charge >= 0.3 is 0 Å². The van der Waals surface area contributed by atoms with Crippen LogP contribution in [0.25, 0.3) is 0 Å². The van der Waals surface area contributed by atoms with Gasteiger partial charge in [0.2, 0.25) is 0 Å². The lowest BCUT2D eigenvalue weighted by atomic mass is 10.3. The van der Waals surface area contributed by atoms with Gasteiger partial charge in [-0.25, -0.2) is 0 Å². The van der Waals surface area contributed by atoms with E-state index in [1.807, 2.05) is 0 Å². The molecule has 0 bridgehead atoms. The molecule has 0 aliphatic carbocycles. The molecule has 1 N–H and O–H groups in total. The molecule has 0 rings (SSSR count). The second-order valence-corrected chi connectivity index (χ2v) is 2.31. The number of rotatable bonds is 7. The molecule has 0 aromatic heterocycles. The molecule has 0 aliphatic heterocycles. The summed E-state index contributed by atoms with van der Waals surface area (Å²) in [5.74, 6) is 0.748. The van der Waals surface area contributed by atoms with Crippen molar-refractivity contribution in [2.75, 3.05) is 13.2 Å². The summed E-state index contributed by atoms with van der Waals surface area (Å²) in [6, 6.07) is 0. The number of hydrogen-bond donors (Lipinski definition) is 1. The highest BCUT2D eigenvalue weighted by atomic mass is 16.5. The first-order chi connectivity index (χ1) is 5.31. The first-order valence-electron chi connectivity index (χ1n) is 3.83. The minimum Gasteiger partial charge on any atom is -0.498 e. The number of hydrogen-bond acceptors (Lipinski definition) is 2. The molecule has 0 heterocycles. The summed E-state index contributed by atoms with van der Waals surface area (Å²) in [7, 11) is 0. The maximum atomic E-state index is 8.44. The first kappa shape index (κ1) is 10.2. The third kappa shape index (κ3) is 7.13. The summed E-state index contributed by atoms with van der Waals surface area (Å²) in [6.07, 6.45) is 4.14. The van der Waals surface area contributed by atoms with E-state index in [4.69, 9.17) is 9.84 Å². The average molecular weight is 156 g/mol. The number of unbranched alkanes of at least 4 members (excludes halogenated alkanes) is 1. The van der Waals surface area contributed by atoms with E-state index in [2.05, 4.69) is 13.2 Å². The van der Waals surface area contributed by atoms with Crippen LogP contribution in [0.1, 0.15) is 19.3 Å². The maximum absolute atomic E-state index is 8.44. The van der Waals surface area contributed by atoms with E-state index in [0.717, 1.165) is 18.6 Å². The summed E-state index contributed by atoms with van der Waals surface area (Å²) in [5, 5.41) is 8.44. The van der Waals surface area contributed by atoms with E-state index in [1.165, 1.54) is 0 Å². The number of allylic oxidation sites excluding steroid dienone is 1. The molecule has 0 unspecified atom stereocenters. The summed E-state index contributed by atoms with van der Waals surface area (Å²) >= 11 is 0. The summed E-state index contributed by atoms with van der Waals surface area (Å²) in [5.41, 5.74) is 0. The Hall–Kier alpha value is -0.760. The van der Waals surface area contributed by atoms with Crippen molar-refractivity contribution in [3.8, 4) is 0 Å². The highest BCUT2D eigenvalue weighted by Gasteiger charge is 1.90. The Labute approximate surface area is 68.2 Å². The number of aliphatic hydroxyl groups is 1. The van der Waals surface area contributed by atoms with Gasteiger partial charge in [0.1, 0.15) is 0 Å². The van der Waals surface area contributed by atoms with Gasteiger partial charge in [0, 0.05) is 13.0 Å². The van der Waals surface area contributed by atoms with Crippen molar-refractivity contribution in [3.05, 3.63) is 25.0 Å². The molecule has 0 spiro atoms. The maximum Gasteiger partial charge on any atom is 0.0925 e. The lowest BCUT2D eigenvalue weighted by Gasteiger charge is -2.05. The highest BCUT2D eigenvalue weighted by Crippen LogP contribution is 2.01. The Bertz CT molecular complexity index is 119. The standard InChI is InChI=1S/C9H16O2/c1-3-6-9(2)11-8-5-4-7-10/h3,10H,1-2,4-8H2. The number of ether oxygens (including phenoxy) is 1. The Morgan fingerprint density at radius 2 is 2.18 bits per heavy atom. The van der Waals surface area contributed by atoms with Crippen molar-refractivity contribution in [3.63, 3.8) is 0 Å². The van der Waals surface area contributed by atoms with E-state index < -0.39 is 0 Å². The Morgan fingerprint density at radius 3 is 2.73 bits per heavy atom. The van der Waals surface area contributed by atoms with E-state index in [1.54, 1.807) is 6.08 Å². The fraction of sp³-hybridized carbons (Fsp3) is 0.556. The second-order valence-electron chi connectivity index (χ2n) is 2.31. The SMILES string of the molecule is C=CCC(=C)OCCCCO. The van der Waals surface area contributed by atoms with Crippen molar-refractivity contribution in [2.24, 2.45) is 0 Å². The van der Waals surface area contributed by atoms with Crippen LogP contribution in [0.2, 0.25) is 0 Å². The van der Waals surface area contributed by atoms with Crippen molar-refractivity contribution in [1.82, 2.24) is 0 Å². The minimum atomic E-state index is 0.233. The van der Waals surface area contributed by atoms with E-state index in [-0.39, 0.29) is 6.61 Å². The van der Waals surface area contributed by atoms with Gasteiger partial charge in [-0.05, 0) is 12.8 Å². The van der Waals surface area contributed by atoms with Gasteiger partial charge in [-0.2, -0.15) is 0 Å². The topological polar surface area (TPSA) is 29.5 Å². The van der Waals surface area contributed by atoms with E-state index in [0.29, 0.717) is 13.0 Å². The van der Waals surface area contributed by atoms with Crippen LogP contribution in [0.15, 0.2) is 25.0 Å². The number of aliphatic hydroxyl groups excluding tert-OH is 1.